The molecule has 2 N–H and O–H groups in total. The summed E-state index contributed by atoms with van der Waals surface area (Å²) < 4.78 is 39.8. The van der Waals surface area contributed by atoms with Gasteiger partial charge in [-0.2, -0.15) is 0 Å². The number of hydrogen-bond acceptors (Lipinski definition) is 6. The lowest BCUT2D eigenvalue weighted by molar-refractivity contribution is 0.102. The Balaban J connectivity index is 1.54. The summed E-state index contributed by atoms with van der Waals surface area (Å²) >= 11 is 0.777. The van der Waals surface area contributed by atoms with Gasteiger partial charge in [0.05, 0.1) is 0 Å². The van der Waals surface area contributed by atoms with Gasteiger partial charge in [-0.15, -0.1) is 10.2 Å². The van der Waals surface area contributed by atoms with Gasteiger partial charge in [-0.25, -0.2) is 17.5 Å². The van der Waals surface area contributed by atoms with Crippen LogP contribution in [0, 0.1) is 12.7 Å². The van der Waals surface area contributed by atoms with Crippen molar-refractivity contribution in [2.45, 2.75) is 24.1 Å². The minimum atomic E-state index is -3.82. The van der Waals surface area contributed by atoms with E-state index in [1.807, 2.05) is 13.0 Å². The van der Waals surface area contributed by atoms with Crippen LogP contribution in [0.15, 0.2) is 52.9 Å². The summed E-state index contributed by atoms with van der Waals surface area (Å²) in [6.07, 6.45) is 1.15. The van der Waals surface area contributed by atoms with E-state index in [4.69, 9.17) is 0 Å². The van der Waals surface area contributed by atoms with Crippen LogP contribution < -0.4 is 10.0 Å². The van der Waals surface area contributed by atoms with E-state index in [9.17, 15) is 17.6 Å². The molecule has 2 aromatic carbocycles. The molecule has 10 heteroatoms. The van der Waals surface area contributed by atoms with E-state index in [0.29, 0.717) is 18.4 Å². The van der Waals surface area contributed by atoms with Crippen molar-refractivity contribution in [1.29, 1.82) is 0 Å². The van der Waals surface area contributed by atoms with Crippen LogP contribution in [0.2, 0.25) is 0 Å². The second kappa shape index (κ2) is 9.21. The van der Waals surface area contributed by atoms with Crippen molar-refractivity contribution in [3.63, 3.8) is 0 Å². The fourth-order valence-electron chi connectivity index (χ4n) is 2.54. The number of halogens is 1. The third-order valence-corrected chi connectivity index (χ3v) is 6.65. The van der Waals surface area contributed by atoms with Crippen LogP contribution in [-0.4, -0.2) is 31.1 Å². The number of benzene rings is 2. The van der Waals surface area contributed by atoms with Gasteiger partial charge in [0, 0.05) is 12.1 Å². The van der Waals surface area contributed by atoms with Gasteiger partial charge < -0.3 is 0 Å². The van der Waals surface area contributed by atoms with Gasteiger partial charge >= 0.3 is 0 Å². The van der Waals surface area contributed by atoms with Crippen molar-refractivity contribution < 1.29 is 17.6 Å². The number of amides is 1. The number of anilines is 1. The fraction of sp³-hybridized carbons (Fsp3) is 0.211. The summed E-state index contributed by atoms with van der Waals surface area (Å²) in [6.45, 7) is 2.07. The summed E-state index contributed by atoms with van der Waals surface area (Å²) in [4.78, 5) is 12.2. The quantitative estimate of drug-likeness (QED) is 0.419. The molecule has 0 spiro atoms. The van der Waals surface area contributed by atoms with Gasteiger partial charge in [0.1, 0.15) is 5.82 Å². The average molecular weight is 435 g/mol. The summed E-state index contributed by atoms with van der Waals surface area (Å²) in [5, 5.41) is 10.1. The zero-order valence-electron chi connectivity index (χ0n) is 15.6. The van der Waals surface area contributed by atoms with Crippen LogP contribution in [0.25, 0.3) is 0 Å². The molecule has 3 rings (SSSR count). The Morgan fingerprint density at radius 3 is 2.62 bits per heavy atom. The van der Waals surface area contributed by atoms with Gasteiger partial charge in [-0.05, 0) is 49.6 Å². The van der Waals surface area contributed by atoms with Crippen LogP contribution >= 0.6 is 11.3 Å². The number of carbonyl (C=O) groups is 1. The first-order chi connectivity index (χ1) is 13.8. The van der Waals surface area contributed by atoms with Crippen molar-refractivity contribution in [2.24, 2.45) is 0 Å². The van der Waals surface area contributed by atoms with Crippen molar-refractivity contribution in [1.82, 2.24) is 14.9 Å². The Hall–Kier alpha value is -2.69. The van der Waals surface area contributed by atoms with Crippen LogP contribution in [0.1, 0.15) is 27.9 Å². The highest BCUT2D eigenvalue weighted by molar-refractivity contribution is 7.91. The Kier molecular flexibility index (Phi) is 6.68. The lowest BCUT2D eigenvalue weighted by Gasteiger charge is -2.04. The Bertz CT molecular complexity index is 1100. The van der Waals surface area contributed by atoms with Crippen LogP contribution in [-0.2, 0) is 16.4 Å². The van der Waals surface area contributed by atoms with Crippen molar-refractivity contribution in [3.8, 4) is 0 Å². The fourth-order valence-corrected chi connectivity index (χ4v) is 4.55. The summed E-state index contributed by atoms with van der Waals surface area (Å²) in [5.41, 5.74) is 2.30. The first kappa shape index (κ1) is 21.0. The van der Waals surface area contributed by atoms with E-state index in [0.717, 1.165) is 22.5 Å². The maximum atomic E-state index is 12.9. The van der Waals surface area contributed by atoms with Crippen LogP contribution in [0.3, 0.4) is 0 Å². The van der Waals surface area contributed by atoms with Gasteiger partial charge in [0.25, 0.3) is 15.9 Å². The normalized spacial score (nSPS) is 11.4. The molecule has 1 amide bonds. The van der Waals surface area contributed by atoms with E-state index >= 15 is 0 Å². The molecule has 0 saturated carbocycles. The number of hydrogen-bond donors (Lipinski definition) is 2. The SMILES string of the molecule is Cc1cccc(C(=O)Nc2nnc(S(=O)(=O)NCCCc3ccc(F)cc3)s2)c1. The predicted molar refractivity (Wildman–Crippen MR) is 109 cm³/mol. The molecule has 3 aromatic rings. The number of aryl methyl sites for hydroxylation is 2. The lowest BCUT2D eigenvalue weighted by atomic mass is 10.1. The first-order valence-electron chi connectivity index (χ1n) is 8.79. The highest BCUT2D eigenvalue weighted by Crippen LogP contribution is 2.20. The molecule has 1 aromatic heterocycles. The molecule has 0 aliphatic carbocycles. The first-order valence-corrected chi connectivity index (χ1v) is 11.1. The van der Waals surface area contributed by atoms with Gasteiger partial charge in [0.15, 0.2) is 0 Å². The monoisotopic (exact) mass is 434 g/mol. The van der Waals surface area contributed by atoms with Crippen molar-refractivity contribution in [2.75, 3.05) is 11.9 Å². The van der Waals surface area contributed by atoms with Crippen molar-refractivity contribution in [3.05, 3.63) is 71.0 Å². The predicted octanol–water partition coefficient (Wildman–Crippen LogP) is 3.15. The Labute approximate surface area is 172 Å². The maximum Gasteiger partial charge on any atom is 0.269 e. The average Bonchev–Trinajstić information content (AvgIpc) is 3.16. The molecule has 152 valence electrons. The third-order valence-electron chi connectivity index (χ3n) is 3.98. The van der Waals surface area contributed by atoms with E-state index in [1.54, 1.807) is 30.3 Å². The zero-order valence-corrected chi connectivity index (χ0v) is 17.2. The van der Waals surface area contributed by atoms with Crippen LogP contribution in [0.4, 0.5) is 9.52 Å². The molecule has 0 unspecified atom stereocenters. The molecule has 7 nitrogen and oxygen atoms in total. The standard InChI is InChI=1S/C19H19FN4O3S2/c1-13-4-2-6-15(12-13)17(25)22-18-23-24-19(28-18)29(26,27)21-11-3-5-14-7-9-16(20)10-8-14/h2,4,6-10,12,21H,3,5,11H2,1H3,(H,22,23,25). The summed E-state index contributed by atoms with van der Waals surface area (Å²) in [5.74, 6) is -0.697. The van der Waals surface area contributed by atoms with Gasteiger partial charge in [-0.3, -0.25) is 10.1 Å². The molecular formula is C19H19FN4O3S2. The largest absolute Gasteiger partial charge is 0.296 e. The number of nitrogens with one attached hydrogen (secondary N) is 2. The van der Waals surface area contributed by atoms with E-state index in [1.165, 1.54) is 12.1 Å². The highest BCUT2D eigenvalue weighted by Gasteiger charge is 2.20. The highest BCUT2D eigenvalue weighted by atomic mass is 32.2. The second-order valence-corrected chi connectivity index (χ2v) is 9.24. The maximum absolute atomic E-state index is 12.9. The van der Waals surface area contributed by atoms with Gasteiger partial charge in [0.2, 0.25) is 9.47 Å². The number of rotatable bonds is 8. The Morgan fingerprint density at radius 1 is 1.14 bits per heavy atom. The van der Waals surface area contributed by atoms with Crippen molar-refractivity contribution >= 4 is 32.4 Å². The van der Waals surface area contributed by atoms with Crippen LogP contribution in [0.5, 0.6) is 0 Å². The van der Waals surface area contributed by atoms with E-state index in [2.05, 4.69) is 20.2 Å². The number of nitrogens with zero attached hydrogens (tertiary/aromatic N) is 2. The summed E-state index contributed by atoms with van der Waals surface area (Å²) in [7, 11) is -3.82. The molecule has 0 saturated heterocycles. The molecular weight excluding hydrogens is 415 g/mol. The zero-order chi connectivity index (χ0) is 20.9. The molecule has 0 bridgehead atoms. The number of carbonyl (C=O) groups excluding carboxylic acids is 1. The lowest BCUT2D eigenvalue weighted by Crippen LogP contribution is -2.25. The second-order valence-electron chi connectivity index (χ2n) is 6.32. The molecule has 0 aliphatic rings. The van der Waals surface area contributed by atoms with E-state index in [-0.39, 0.29) is 27.7 Å². The van der Waals surface area contributed by atoms with Gasteiger partial charge in [-0.1, -0.05) is 41.2 Å². The molecule has 29 heavy (non-hydrogen) atoms. The molecule has 1 heterocycles. The minimum Gasteiger partial charge on any atom is -0.296 e. The molecule has 0 radical (unpaired) electrons. The minimum absolute atomic E-state index is 0.100. The Morgan fingerprint density at radius 2 is 1.90 bits per heavy atom. The smallest absolute Gasteiger partial charge is 0.269 e. The molecule has 0 fully saturated rings. The molecule has 0 aliphatic heterocycles. The topological polar surface area (TPSA) is 101 Å². The summed E-state index contributed by atoms with van der Waals surface area (Å²) in [6, 6.07) is 13.1. The molecule has 0 atom stereocenters. The number of sulfonamides is 1. The number of aromatic nitrogens is 2. The third kappa shape index (κ3) is 5.89. The van der Waals surface area contributed by atoms with E-state index < -0.39 is 10.0 Å².